The van der Waals surface area contributed by atoms with Gasteiger partial charge in [-0.15, -0.1) is 0 Å². The van der Waals surface area contributed by atoms with Gasteiger partial charge in [-0.25, -0.2) is 9.59 Å². The lowest BCUT2D eigenvalue weighted by molar-refractivity contribution is -0.135. The molecule has 1 saturated carbocycles. The number of amides is 3. The fourth-order valence-corrected chi connectivity index (χ4v) is 9.42. The number of likely N-dealkylation sites (tertiary alicyclic amines) is 2. The molecule has 2 N–H and O–H groups in total. The molecule has 4 fully saturated rings. The Labute approximate surface area is 297 Å². The van der Waals surface area contributed by atoms with Gasteiger partial charge in [0.2, 0.25) is 5.91 Å². The van der Waals surface area contributed by atoms with Crippen molar-refractivity contribution in [1.82, 2.24) is 34.5 Å². The molecule has 5 heterocycles. The molecule has 11 heteroatoms. The van der Waals surface area contributed by atoms with E-state index < -0.39 is 6.04 Å². The summed E-state index contributed by atoms with van der Waals surface area (Å²) >= 11 is 0. The summed E-state index contributed by atoms with van der Waals surface area (Å²) in [6.07, 6.45) is 12.6. The molecule has 11 nitrogen and oxygen atoms in total. The summed E-state index contributed by atoms with van der Waals surface area (Å²) in [5.74, 6) is 0.321. The zero-order chi connectivity index (χ0) is 34.8. The van der Waals surface area contributed by atoms with Crippen molar-refractivity contribution in [3.05, 3.63) is 56.8 Å². The maximum atomic E-state index is 14.2. The van der Waals surface area contributed by atoms with E-state index in [1.54, 1.807) is 0 Å². The second-order valence-electron chi connectivity index (χ2n) is 15.5. The largest absolute Gasteiger partial charge is 0.338 e. The smallest absolute Gasteiger partial charge is 0.326 e. The monoisotopic (exact) mass is 686 g/mol. The summed E-state index contributed by atoms with van der Waals surface area (Å²) < 4.78 is 1.90. The lowest BCUT2D eigenvalue weighted by Crippen LogP contribution is -2.59. The molecule has 0 spiro atoms. The Morgan fingerprint density at radius 2 is 1.56 bits per heavy atom. The van der Waals surface area contributed by atoms with Crippen LogP contribution in [0.25, 0.3) is 0 Å². The van der Waals surface area contributed by atoms with E-state index in [9.17, 15) is 14.4 Å². The van der Waals surface area contributed by atoms with Crippen LogP contribution in [0.4, 0.5) is 4.79 Å². The molecule has 7 rings (SSSR count). The van der Waals surface area contributed by atoms with E-state index in [1.807, 2.05) is 20.6 Å². The fourth-order valence-electron chi connectivity index (χ4n) is 9.42. The molecular formula is C39H58N8O3. The first-order valence-corrected chi connectivity index (χ1v) is 19.6. The average Bonchev–Trinajstić information content (AvgIpc) is 3.50. The number of urea groups is 1. The highest BCUT2D eigenvalue weighted by atomic mass is 16.2. The quantitative estimate of drug-likeness (QED) is 0.438. The number of piperidine rings is 2. The minimum atomic E-state index is -0.633. The fraction of sp³-hybridized carbons (Fsp3) is 0.692. The Morgan fingerprint density at radius 1 is 0.860 bits per heavy atom. The van der Waals surface area contributed by atoms with Crippen LogP contribution in [-0.2, 0) is 24.1 Å². The summed E-state index contributed by atoms with van der Waals surface area (Å²) in [5, 5.41) is 3.20. The second-order valence-corrected chi connectivity index (χ2v) is 15.5. The summed E-state index contributed by atoms with van der Waals surface area (Å²) in [6, 6.07) is 6.60. The van der Waals surface area contributed by atoms with Crippen molar-refractivity contribution in [3.63, 3.8) is 0 Å². The maximum absolute atomic E-state index is 14.2. The van der Waals surface area contributed by atoms with Crippen molar-refractivity contribution in [1.29, 1.82) is 0 Å². The molecule has 50 heavy (non-hydrogen) atoms. The van der Waals surface area contributed by atoms with Gasteiger partial charge in [0.25, 0.3) is 0 Å². The van der Waals surface area contributed by atoms with Crippen molar-refractivity contribution in [3.8, 4) is 0 Å². The van der Waals surface area contributed by atoms with Crippen LogP contribution in [0.5, 0.6) is 0 Å². The molecule has 0 radical (unpaired) electrons. The number of carbonyl (C=O) groups excluding carboxylic acids is 2. The first kappa shape index (κ1) is 35.0. The first-order chi connectivity index (χ1) is 24.3. The predicted molar refractivity (Wildman–Crippen MR) is 197 cm³/mol. The Hall–Kier alpha value is -3.44. The first-order valence-electron chi connectivity index (χ1n) is 19.6. The Bertz CT molecular complexity index is 1590. The molecule has 3 amide bonds. The van der Waals surface area contributed by atoms with E-state index in [1.165, 1.54) is 36.8 Å². The number of H-pyrrole nitrogens is 1. The minimum Gasteiger partial charge on any atom is -0.338 e. The number of benzene rings is 1. The molecular weight excluding hydrogens is 628 g/mol. The van der Waals surface area contributed by atoms with Gasteiger partial charge in [0, 0.05) is 69.9 Å². The van der Waals surface area contributed by atoms with Crippen molar-refractivity contribution < 1.29 is 9.59 Å². The molecule has 272 valence electrons. The molecule has 1 unspecified atom stereocenters. The van der Waals surface area contributed by atoms with Crippen molar-refractivity contribution in [2.45, 2.75) is 115 Å². The molecule has 5 aliphatic rings. The molecule has 3 saturated heterocycles. The average molecular weight is 687 g/mol. The van der Waals surface area contributed by atoms with Gasteiger partial charge < -0.3 is 25.0 Å². The second kappa shape index (κ2) is 15.4. The van der Waals surface area contributed by atoms with E-state index in [4.69, 9.17) is 4.99 Å². The van der Waals surface area contributed by atoms with Crippen molar-refractivity contribution in [2.24, 2.45) is 4.99 Å². The van der Waals surface area contributed by atoms with Gasteiger partial charge in [-0.2, -0.15) is 0 Å². The third-order valence-electron chi connectivity index (χ3n) is 12.5. The number of piperazine rings is 1. The predicted octanol–water partition coefficient (Wildman–Crippen LogP) is 3.96. The third kappa shape index (κ3) is 7.31. The number of fused-ring (bicyclic) bond motifs is 3. The number of aryl methyl sites for hydroxylation is 2. The molecule has 1 aromatic heterocycles. The van der Waals surface area contributed by atoms with Crippen LogP contribution in [0.15, 0.2) is 28.0 Å². The van der Waals surface area contributed by atoms with Crippen LogP contribution in [-0.4, -0.2) is 125 Å². The van der Waals surface area contributed by atoms with E-state index in [0.717, 1.165) is 68.8 Å². The number of nitrogens with one attached hydrogen (secondary N) is 2. The van der Waals surface area contributed by atoms with E-state index in [-0.39, 0.29) is 29.7 Å². The number of carbonyl (C=O) groups is 2. The number of aliphatic imine (C=N–C) groups is 1. The summed E-state index contributed by atoms with van der Waals surface area (Å²) in [6.45, 7) is 10.8. The minimum absolute atomic E-state index is 0.0136. The van der Waals surface area contributed by atoms with Crippen LogP contribution in [0.3, 0.4) is 0 Å². The van der Waals surface area contributed by atoms with Gasteiger partial charge in [-0.05, 0) is 88.2 Å². The van der Waals surface area contributed by atoms with Crippen LogP contribution >= 0.6 is 0 Å². The molecule has 3 atom stereocenters. The lowest BCUT2D eigenvalue weighted by atomic mass is 9.81. The number of hydrogen-bond acceptors (Lipinski definition) is 6. The normalized spacial score (nSPS) is 24.5. The van der Waals surface area contributed by atoms with Gasteiger partial charge in [0.05, 0.1) is 17.4 Å². The lowest BCUT2D eigenvalue weighted by Gasteiger charge is -2.43. The number of rotatable bonds is 8. The Kier molecular flexibility index (Phi) is 10.8. The van der Waals surface area contributed by atoms with Gasteiger partial charge >= 0.3 is 11.7 Å². The van der Waals surface area contributed by atoms with Crippen LogP contribution in [0.2, 0.25) is 0 Å². The number of hydrogen-bond donors (Lipinski definition) is 2. The summed E-state index contributed by atoms with van der Waals surface area (Å²) in [5.41, 5.74) is 5.66. The molecule has 1 aromatic carbocycles. The van der Waals surface area contributed by atoms with Gasteiger partial charge in [0.15, 0.2) is 0 Å². The zero-order valence-corrected chi connectivity index (χ0v) is 30.5. The number of nitrogens with zero attached hydrogens (tertiary/aromatic N) is 6. The van der Waals surface area contributed by atoms with Crippen LogP contribution in [0.1, 0.15) is 105 Å². The van der Waals surface area contributed by atoms with Crippen molar-refractivity contribution in [2.75, 3.05) is 59.4 Å². The highest BCUT2D eigenvalue weighted by molar-refractivity contribution is 5.87. The van der Waals surface area contributed by atoms with Crippen LogP contribution < -0.4 is 11.0 Å². The molecule has 1 aliphatic carbocycles. The van der Waals surface area contributed by atoms with Crippen molar-refractivity contribution >= 4 is 18.2 Å². The number of aromatic nitrogens is 2. The number of aromatic amines is 1. The SMILES string of the molecule is CCc1ccc(C[C@@H](NC(=O)N2CCC(n3c4c([nH]c3=O)[C@H]3CCCCC3N=C4)CC2)C(=O)N2CCN(C3CCN(C)CC3)CC2)cc1CC. The Morgan fingerprint density at radius 3 is 2.28 bits per heavy atom. The highest BCUT2D eigenvalue weighted by Gasteiger charge is 2.37. The highest BCUT2D eigenvalue weighted by Crippen LogP contribution is 2.38. The van der Waals surface area contributed by atoms with E-state index in [2.05, 4.69) is 59.2 Å². The topological polar surface area (TPSA) is 109 Å². The Balaban J connectivity index is 1.01. The maximum Gasteiger partial charge on any atom is 0.326 e. The number of imidazole rings is 1. The van der Waals surface area contributed by atoms with E-state index in [0.29, 0.717) is 57.4 Å². The standard InChI is InChI=1S/C39H58N8O3/c1-4-28-11-10-27(24-29(28)5-2)25-34(37(48)45-22-20-44(21-23-45)30-12-16-43(3)17-13-30)41-38(49)46-18-14-31(15-19-46)47-35-26-40-33-9-7-6-8-32(33)36(35)42-39(47)50/h10-11,24,26,30-34H,4-9,12-23,25H2,1-3H3,(H,41,49)(H,42,50)/t32-,33?,34+/m0/s1. The van der Waals surface area contributed by atoms with Gasteiger partial charge in [-0.3, -0.25) is 19.3 Å². The van der Waals surface area contributed by atoms with Gasteiger partial charge in [0.1, 0.15) is 6.04 Å². The molecule has 4 aliphatic heterocycles. The summed E-state index contributed by atoms with van der Waals surface area (Å²) in [7, 11) is 2.19. The zero-order valence-electron chi connectivity index (χ0n) is 30.5. The van der Waals surface area contributed by atoms with E-state index >= 15 is 0 Å². The van der Waals surface area contributed by atoms with Gasteiger partial charge in [-0.1, -0.05) is 44.9 Å². The summed E-state index contributed by atoms with van der Waals surface area (Å²) in [4.78, 5) is 58.2. The molecule has 0 bridgehead atoms. The third-order valence-corrected chi connectivity index (χ3v) is 12.5. The van der Waals surface area contributed by atoms with Crippen LogP contribution in [0, 0.1) is 0 Å². The molecule has 2 aromatic rings.